The first-order valence-electron chi connectivity index (χ1n) is 7.95. The van der Waals surface area contributed by atoms with Gasteiger partial charge < -0.3 is 15.4 Å². The van der Waals surface area contributed by atoms with E-state index in [9.17, 15) is 9.18 Å². The maximum Gasteiger partial charge on any atom is 0.224 e. The second-order valence-electron chi connectivity index (χ2n) is 5.83. The summed E-state index contributed by atoms with van der Waals surface area (Å²) in [6.07, 6.45) is 0. The third kappa shape index (κ3) is 5.06. The fraction of sp³-hybridized carbons (Fsp3) is 0.316. The summed E-state index contributed by atoms with van der Waals surface area (Å²) < 4.78 is 18.7. The zero-order valence-electron chi connectivity index (χ0n) is 14.2. The van der Waals surface area contributed by atoms with Gasteiger partial charge in [-0.15, -0.1) is 0 Å². The van der Waals surface area contributed by atoms with Gasteiger partial charge in [0.05, 0.1) is 0 Å². The molecule has 0 spiro atoms. The lowest BCUT2D eigenvalue weighted by molar-refractivity contribution is -0.124. The molecule has 2 rings (SSSR count). The fourth-order valence-corrected chi connectivity index (χ4v) is 2.33. The number of hydrogen-bond acceptors (Lipinski definition) is 3. The number of amides is 1. The minimum atomic E-state index is -0.294. The first-order valence-corrected chi connectivity index (χ1v) is 7.95. The van der Waals surface area contributed by atoms with E-state index in [2.05, 4.69) is 10.6 Å². The van der Waals surface area contributed by atoms with Crippen molar-refractivity contribution in [3.8, 4) is 11.5 Å². The number of rotatable bonds is 7. The molecule has 5 heteroatoms. The monoisotopic (exact) mass is 330 g/mol. The number of carbonyl (C=O) groups excluding carboxylic acids is 1. The van der Waals surface area contributed by atoms with Crippen LogP contribution in [-0.4, -0.2) is 19.5 Å². The van der Waals surface area contributed by atoms with Crippen molar-refractivity contribution >= 4 is 5.91 Å². The molecule has 24 heavy (non-hydrogen) atoms. The van der Waals surface area contributed by atoms with E-state index < -0.39 is 0 Å². The molecule has 128 valence electrons. The Balaban J connectivity index is 1.96. The van der Waals surface area contributed by atoms with Crippen LogP contribution in [0.2, 0.25) is 0 Å². The molecule has 0 saturated heterocycles. The minimum Gasteiger partial charge on any atom is -0.457 e. The summed E-state index contributed by atoms with van der Waals surface area (Å²) in [4.78, 5) is 11.9. The van der Waals surface area contributed by atoms with Crippen LogP contribution in [0.4, 0.5) is 4.39 Å². The summed E-state index contributed by atoms with van der Waals surface area (Å²) in [6, 6.07) is 11.6. The molecule has 0 aliphatic heterocycles. The Morgan fingerprint density at radius 3 is 2.54 bits per heavy atom. The molecule has 2 N–H and O–H groups in total. The van der Waals surface area contributed by atoms with Gasteiger partial charge in [0.25, 0.3) is 0 Å². The molecule has 2 aromatic rings. The maximum absolute atomic E-state index is 12.9. The molecular formula is C19H23FN2O2. The van der Waals surface area contributed by atoms with E-state index in [1.54, 1.807) is 12.1 Å². The molecule has 4 nitrogen and oxygen atoms in total. The standard InChI is InChI=1S/C19H23FN2O2/c1-13-10-15(12-22-19(23)14(2)11-21-3)4-9-18(13)24-17-7-5-16(20)6-8-17/h4-10,14,21H,11-12H2,1-3H3,(H,22,23). The molecule has 1 amide bonds. The van der Waals surface area contributed by atoms with Gasteiger partial charge in [0, 0.05) is 19.0 Å². The predicted molar refractivity (Wildman–Crippen MR) is 92.6 cm³/mol. The van der Waals surface area contributed by atoms with Crippen molar-refractivity contribution in [1.82, 2.24) is 10.6 Å². The first kappa shape index (κ1) is 17.9. The summed E-state index contributed by atoms with van der Waals surface area (Å²) in [5.41, 5.74) is 1.96. The summed E-state index contributed by atoms with van der Waals surface area (Å²) in [7, 11) is 1.83. The molecule has 0 radical (unpaired) electrons. The number of nitrogens with one attached hydrogen (secondary N) is 2. The van der Waals surface area contributed by atoms with Crippen molar-refractivity contribution in [3.63, 3.8) is 0 Å². The maximum atomic E-state index is 12.9. The number of aryl methyl sites for hydroxylation is 1. The average Bonchev–Trinajstić information content (AvgIpc) is 2.57. The molecule has 0 heterocycles. The SMILES string of the molecule is CNCC(C)C(=O)NCc1ccc(Oc2ccc(F)cc2)c(C)c1. The molecule has 1 unspecified atom stereocenters. The zero-order valence-corrected chi connectivity index (χ0v) is 14.2. The third-order valence-electron chi connectivity index (χ3n) is 3.71. The highest BCUT2D eigenvalue weighted by atomic mass is 19.1. The normalized spacial score (nSPS) is 11.8. The quantitative estimate of drug-likeness (QED) is 0.818. The fourth-order valence-electron chi connectivity index (χ4n) is 2.33. The van der Waals surface area contributed by atoms with E-state index in [0.717, 1.165) is 11.1 Å². The van der Waals surface area contributed by atoms with Crippen LogP contribution in [-0.2, 0) is 11.3 Å². The minimum absolute atomic E-state index is 0.0219. The average molecular weight is 330 g/mol. The Morgan fingerprint density at radius 2 is 1.92 bits per heavy atom. The molecule has 0 bridgehead atoms. The Labute approximate surface area is 142 Å². The van der Waals surface area contributed by atoms with Crippen LogP contribution in [0, 0.1) is 18.7 Å². The highest BCUT2D eigenvalue weighted by Gasteiger charge is 2.11. The van der Waals surface area contributed by atoms with Gasteiger partial charge in [-0.1, -0.05) is 19.1 Å². The molecule has 0 saturated carbocycles. The number of ether oxygens (including phenoxy) is 1. The number of halogens is 1. The molecule has 2 aromatic carbocycles. The Kier molecular flexibility index (Phi) is 6.32. The lowest BCUT2D eigenvalue weighted by Gasteiger charge is -2.13. The van der Waals surface area contributed by atoms with Crippen LogP contribution < -0.4 is 15.4 Å². The number of benzene rings is 2. The van der Waals surface area contributed by atoms with E-state index in [1.165, 1.54) is 12.1 Å². The Hall–Kier alpha value is -2.40. The van der Waals surface area contributed by atoms with Crippen LogP contribution in [0.3, 0.4) is 0 Å². The highest BCUT2D eigenvalue weighted by Crippen LogP contribution is 2.25. The van der Waals surface area contributed by atoms with Crippen LogP contribution in [0.1, 0.15) is 18.1 Å². The van der Waals surface area contributed by atoms with E-state index in [4.69, 9.17) is 4.74 Å². The summed E-state index contributed by atoms with van der Waals surface area (Å²) in [5, 5.41) is 5.91. The Bertz CT molecular complexity index is 686. The van der Waals surface area contributed by atoms with Crippen molar-refractivity contribution in [2.75, 3.05) is 13.6 Å². The van der Waals surface area contributed by atoms with Gasteiger partial charge in [-0.3, -0.25) is 4.79 Å². The predicted octanol–water partition coefficient (Wildman–Crippen LogP) is 3.40. The van der Waals surface area contributed by atoms with Gasteiger partial charge in [-0.05, 0) is 55.4 Å². The van der Waals surface area contributed by atoms with Gasteiger partial charge in [-0.25, -0.2) is 4.39 Å². The van der Waals surface area contributed by atoms with Crippen molar-refractivity contribution < 1.29 is 13.9 Å². The topological polar surface area (TPSA) is 50.4 Å². The molecule has 0 aromatic heterocycles. The largest absolute Gasteiger partial charge is 0.457 e. The second kappa shape index (κ2) is 8.45. The smallest absolute Gasteiger partial charge is 0.224 e. The molecule has 0 fully saturated rings. The van der Waals surface area contributed by atoms with Gasteiger partial charge >= 0.3 is 0 Å². The van der Waals surface area contributed by atoms with Crippen LogP contribution >= 0.6 is 0 Å². The zero-order chi connectivity index (χ0) is 17.5. The summed E-state index contributed by atoms with van der Waals surface area (Å²) in [5.74, 6) is 0.949. The van der Waals surface area contributed by atoms with Crippen molar-refractivity contribution in [3.05, 3.63) is 59.4 Å². The van der Waals surface area contributed by atoms with E-state index in [-0.39, 0.29) is 17.6 Å². The molecule has 1 atom stereocenters. The second-order valence-corrected chi connectivity index (χ2v) is 5.83. The van der Waals surface area contributed by atoms with Gasteiger partial charge in [0.15, 0.2) is 0 Å². The van der Waals surface area contributed by atoms with Crippen LogP contribution in [0.15, 0.2) is 42.5 Å². The number of hydrogen-bond donors (Lipinski definition) is 2. The van der Waals surface area contributed by atoms with Gasteiger partial charge in [0.1, 0.15) is 17.3 Å². The van der Waals surface area contributed by atoms with Crippen molar-refractivity contribution in [2.45, 2.75) is 20.4 Å². The third-order valence-corrected chi connectivity index (χ3v) is 3.71. The number of carbonyl (C=O) groups is 1. The highest BCUT2D eigenvalue weighted by molar-refractivity contribution is 5.78. The first-order chi connectivity index (χ1) is 11.5. The van der Waals surface area contributed by atoms with Crippen LogP contribution in [0.25, 0.3) is 0 Å². The van der Waals surface area contributed by atoms with Crippen molar-refractivity contribution in [2.24, 2.45) is 5.92 Å². The van der Waals surface area contributed by atoms with Crippen molar-refractivity contribution in [1.29, 1.82) is 0 Å². The Morgan fingerprint density at radius 1 is 1.21 bits per heavy atom. The van der Waals surface area contributed by atoms with E-state index in [1.807, 2.05) is 39.1 Å². The summed E-state index contributed by atoms with van der Waals surface area (Å²) in [6.45, 7) is 4.95. The van der Waals surface area contributed by atoms with Crippen LogP contribution in [0.5, 0.6) is 11.5 Å². The lowest BCUT2D eigenvalue weighted by atomic mass is 10.1. The van der Waals surface area contributed by atoms with Gasteiger partial charge in [0.2, 0.25) is 5.91 Å². The van der Waals surface area contributed by atoms with E-state index in [0.29, 0.717) is 24.6 Å². The lowest BCUT2D eigenvalue weighted by Crippen LogP contribution is -2.33. The molecule has 0 aliphatic carbocycles. The molecule has 0 aliphatic rings. The van der Waals surface area contributed by atoms with Gasteiger partial charge in [-0.2, -0.15) is 0 Å². The van der Waals surface area contributed by atoms with E-state index >= 15 is 0 Å². The molecular weight excluding hydrogens is 307 g/mol. The summed E-state index contributed by atoms with van der Waals surface area (Å²) >= 11 is 0.